The maximum atomic E-state index is 6.07. The summed E-state index contributed by atoms with van der Waals surface area (Å²) in [7, 11) is 0. The highest BCUT2D eigenvalue weighted by molar-refractivity contribution is 5.20. The number of nitrogens with one attached hydrogen (secondary N) is 1. The summed E-state index contributed by atoms with van der Waals surface area (Å²) in [5.41, 5.74) is 2.41. The maximum absolute atomic E-state index is 6.07. The second kappa shape index (κ2) is 5.25. The minimum atomic E-state index is 0.189. The topological polar surface area (TPSA) is 47.3 Å². The molecule has 2 aliphatic rings. The number of aryl methyl sites for hydroxylation is 2. The van der Waals surface area contributed by atoms with E-state index in [1.807, 2.05) is 13.8 Å². The summed E-state index contributed by atoms with van der Waals surface area (Å²) in [6, 6.07) is 0.570. The molecule has 1 saturated carbocycles. The zero-order chi connectivity index (χ0) is 13.3. The Hall–Kier alpha value is -0.870. The van der Waals surface area contributed by atoms with E-state index in [9.17, 15) is 0 Å². The lowest BCUT2D eigenvalue weighted by Crippen LogP contribution is -2.45. The standard InChI is InChI=1S/C15H24N2O2/c1-11-14(12(2)19-17-11)10-16-13-5-8-18-15(9-13)6-3-4-7-15/h13,16H,3-10H2,1-2H3. The van der Waals surface area contributed by atoms with Crippen molar-refractivity contribution in [2.24, 2.45) is 0 Å². The predicted molar refractivity (Wildman–Crippen MR) is 73.0 cm³/mol. The third-order valence-electron chi connectivity index (χ3n) is 4.76. The number of aromatic nitrogens is 1. The molecule has 3 rings (SSSR count). The molecule has 1 aliphatic carbocycles. The second-order valence-electron chi connectivity index (χ2n) is 6.11. The van der Waals surface area contributed by atoms with Crippen LogP contribution in [-0.2, 0) is 11.3 Å². The highest BCUT2D eigenvalue weighted by Crippen LogP contribution is 2.40. The molecule has 1 atom stereocenters. The van der Waals surface area contributed by atoms with Gasteiger partial charge in [-0.05, 0) is 39.5 Å². The van der Waals surface area contributed by atoms with E-state index in [2.05, 4.69) is 10.5 Å². The first kappa shape index (κ1) is 13.1. The lowest BCUT2D eigenvalue weighted by molar-refractivity contribution is -0.0837. The average Bonchev–Trinajstić information content (AvgIpc) is 2.96. The fourth-order valence-corrected chi connectivity index (χ4v) is 3.57. The van der Waals surface area contributed by atoms with Crippen molar-refractivity contribution < 1.29 is 9.26 Å². The Morgan fingerprint density at radius 1 is 1.32 bits per heavy atom. The monoisotopic (exact) mass is 264 g/mol. The fraction of sp³-hybridized carbons (Fsp3) is 0.800. The number of nitrogens with zero attached hydrogens (tertiary/aromatic N) is 1. The van der Waals surface area contributed by atoms with E-state index in [-0.39, 0.29) is 5.60 Å². The van der Waals surface area contributed by atoms with Gasteiger partial charge in [-0.15, -0.1) is 0 Å². The van der Waals surface area contributed by atoms with Crippen LogP contribution in [0.2, 0.25) is 0 Å². The van der Waals surface area contributed by atoms with Gasteiger partial charge in [-0.1, -0.05) is 18.0 Å². The third kappa shape index (κ3) is 2.70. The normalized spacial score (nSPS) is 26.1. The number of hydrogen-bond donors (Lipinski definition) is 1. The van der Waals surface area contributed by atoms with E-state index in [4.69, 9.17) is 9.26 Å². The molecule has 4 nitrogen and oxygen atoms in total. The van der Waals surface area contributed by atoms with Gasteiger partial charge in [0.1, 0.15) is 5.76 Å². The van der Waals surface area contributed by atoms with Crippen LogP contribution in [0.1, 0.15) is 55.5 Å². The molecule has 0 bridgehead atoms. The van der Waals surface area contributed by atoms with Gasteiger partial charge in [0.15, 0.2) is 0 Å². The Bertz CT molecular complexity index is 416. The second-order valence-corrected chi connectivity index (χ2v) is 6.11. The summed E-state index contributed by atoms with van der Waals surface area (Å²) in [5, 5.41) is 7.69. The molecule has 2 fully saturated rings. The van der Waals surface area contributed by atoms with Crippen molar-refractivity contribution in [3.63, 3.8) is 0 Å². The molecule has 0 amide bonds. The van der Waals surface area contributed by atoms with E-state index >= 15 is 0 Å². The van der Waals surface area contributed by atoms with E-state index in [0.29, 0.717) is 6.04 Å². The Morgan fingerprint density at radius 2 is 2.11 bits per heavy atom. The lowest BCUT2D eigenvalue weighted by Gasteiger charge is -2.38. The summed E-state index contributed by atoms with van der Waals surface area (Å²) in [4.78, 5) is 0. The average molecular weight is 264 g/mol. The van der Waals surface area contributed by atoms with Crippen LogP contribution in [0.5, 0.6) is 0 Å². The van der Waals surface area contributed by atoms with Crippen LogP contribution in [0.15, 0.2) is 4.52 Å². The molecule has 1 aromatic rings. The van der Waals surface area contributed by atoms with Crippen LogP contribution in [0, 0.1) is 13.8 Å². The van der Waals surface area contributed by atoms with Crippen molar-refractivity contribution in [1.82, 2.24) is 10.5 Å². The molecule has 19 heavy (non-hydrogen) atoms. The van der Waals surface area contributed by atoms with Crippen molar-refractivity contribution in [3.8, 4) is 0 Å². The summed E-state index contributed by atoms with van der Waals surface area (Å²) < 4.78 is 11.3. The summed E-state index contributed by atoms with van der Waals surface area (Å²) in [6.07, 6.45) is 7.43. The molecule has 106 valence electrons. The highest BCUT2D eigenvalue weighted by atomic mass is 16.5. The van der Waals surface area contributed by atoms with Crippen LogP contribution in [0.3, 0.4) is 0 Å². The highest BCUT2D eigenvalue weighted by Gasteiger charge is 2.39. The fourth-order valence-electron chi connectivity index (χ4n) is 3.57. The third-order valence-corrected chi connectivity index (χ3v) is 4.76. The maximum Gasteiger partial charge on any atom is 0.138 e. The molecule has 0 aromatic carbocycles. The summed E-state index contributed by atoms with van der Waals surface area (Å²) in [6.45, 7) is 5.76. The number of hydrogen-bond acceptors (Lipinski definition) is 4. The van der Waals surface area contributed by atoms with E-state index in [1.54, 1.807) is 0 Å². The van der Waals surface area contributed by atoms with Crippen LogP contribution < -0.4 is 5.32 Å². The zero-order valence-corrected chi connectivity index (χ0v) is 12.0. The van der Waals surface area contributed by atoms with Gasteiger partial charge in [0.05, 0.1) is 11.3 Å². The molecule has 1 aliphatic heterocycles. The quantitative estimate of drug-likeness (QED) is 0.912. The van der Waals surface area contributed by atoms with Gasteiger partial charge in [-0.2, -0.15) is 0 Å². The Labute approximate surface area is 114 Å². The van der Waals surface area contributed by atoms with Crippen molar-refractivity contribution in [2.45, 2.75) is 70.6 Å². The Kier molecular flexibility index (Phi) is 3.63. The van der Waals surface area contributed by atoms with Gasteiger partial charge in [-0.3, -0.25) is 0 Å². The molecule has 1 unspecified atom stereocenters. The van der Waals surface area contributed by atoms with Gasteiger partial charge in [-0.25, -0.2) is 0 Å². The van der Waals surface area contributed by atoms with Gasteiger partial charge in [0, 0.05) is 24.8 Å². The van der Waals surface area contributed by atoms with Crippen LogP contribution >= 0.6 is 0 Å². The Morgan fingerprint density at radius 3 is 2.79 bits per heavy atom. The van der Waals surface area contributed by atoms with Crippen LogP contribution in [0.4, 0.5) is 0 Å². The van der Waals surface area contributed by atoms with Gasteiger partial charge in [0.25, 0.3) is 0 Å². The lowest BCUT2D eigenvalue weighted by atomic mass is 9.89. The first-order valence-corrected chi connectivity index (χ1v) is 7.48. The first-order valence-electron chi connectivity index (χ1n) is 7.48. The minimum absolute atomic E-state index is 0.189. The molecule has 4 heteroatoms. The van der Waals surface area contributed by atoms with Crippen LogP contribution in [-0.4, -0.2) is 23.4 Å². The minimum Gasteiger partial charge on any atom is -0.375 e. The molecule has 1 N–H and O–H groups in total. The van der Waals surface area contributed by atoms with Gasteiger partial charge in [0.2, 0.25) is 0 Å². The van der Waals surface area contributed by atoms with Crippen molar-refractivity contribution in [2.75, 3.05) is 6.61 Å². The molecule has 1 saturated heterocycles. The van der Waals surface area contributed by atoms with E-state index in [0.717, 1.165) is 37.4 Å². The summed E-state index contributed by atoms with van der Waals surface area (Å²) in [5.74, 6) is 0.938. The number of rotatable bonds is 3. The van der Waals surface area contributed by atoms with Gasteiger partial charge >= 0.3 is 0 Å². The zero-order valence-electron chi connectivity index (χ0n) is 12.0. The van der Waals surface area contributed by atoms with E-state index in [1.165, 1.54) is 31.2 Å². The number of ether oxygens (including phenoxy) is 1. The smallest absolute Gasteiger partial charge is 0.138 e. The Balaban J connectivity index is 1.58. The molecule has 1 spiro atoms. The molecular weight excluding hydrogens is 240 g/mol. The molecule has 2 heterocycles. The SMILES string of the molecule is Cc1noc(C)c1CNC1CCOC2(CCCC2)C1. The molecule has 1 aromatic heterocycles. The van der Waals surface area contributed by atoms with Crippen molar-refractivity contribution in [3.05, 3.63) is 17.0 Å². The molecule has 0 radical (unpaired) electrons. The van der Waals surface area contributed by atoms with Gasteiger partial charge < -0.3 is 14.6 Å². The van der Waals surface area contributed by atoms with Crippen molar-refractivity contribution in [1.29, 1.82) is 0 Å². The van der Waals surface area contributed by atoms with Crippen LogP contribution in [0.25, 0.3) is 0 Å². The predicted octanol–water partition coefficient (Wildman–Crippen LogP) is 2.87. The summed E-state index contributed by atoms with van der Waals surface area (Å²) >= 11 is 0. The first-order chi connectivity index (χ1) is 9.19. The molecular formula is C15H24N2O2. The van der Waals surface area contributed by atoms with E-state index < -0.39 is 0 Å². The van der Waals surface area contributed by atoms with Crippen molar-refractivity contribution >= 4 is 0 Å². The largest absolute Gasteiger partial charge is 0.375 e.